The molecule has 1 heterocycles. The summed E-state index contributed by atoms with van der Waals surface area (Å²) >= 11 is 1.23. The molecule has 0 aliphatic carbocycles. The minimum absolute atomic E-state index is 0.326. The Hall–Kier alpha value is -2.34. The van der Waals surface area contributed by atoms with Gasteiger partial charge in [-0.15, -0.1) is 10.2 Å². The zero-order valence-electron chi connectivity index (χ0n) is 9.63. The molecule has 0 spiro atoms. The smallest absolute Gasteiger partial charge is 0.258 e. The third-order valence-corrected chi connectivity index (χ3v) is 3.30. The molecule has 0 radical (unpaired) electrons. The van der Waals surface area contributed by atoms with E-state index < -0.39 is 0 Å². The summed E-state index contributed by atoms with van der Waals surface area (Å²) in [4.78, 5) is 12.1. The van der Waals surface area contributed by atoms with Gasteiger partial charge < -0.3 is 0 Å². The van der Waals surface area contributed by atoms with E-state index >= 15 is 0 Å². The average molecular weight is 273 g/mol. The number of halogens is 1. The lowest BCUT2D eigenvalue weighted by atomic mass is 10.0. The normalized spacial score (nSPS) is 10.6. The number of hydrogen-bond acceptors (Lipinski definition) is 4. The van der Waals surface area contributed by atoms with Gasteiger partial charge in [0.05, 0.1) is 0 Å². The van der Waals surface area contributed by atoms with E-state index in [1.54, 1.807) is 24.3 Å². The number of rotatable bonds is 2. The van der Waals surface area contributed by atoms with Gasteiger partial charge in [0.15, 0.2) is 0 Å². The lowest BCUT2D eigenvalue weighted by Gasteiger charge is -2.06. The average Bonchev–Trinajstić information content (AvgIpc) is 2.92. The minimum atomic E-state index is -0.344. The molecule has 1 amide bonds. The van der Waals surface area contributed by atoms with Crippen LogP contribution in [0.2, 0.25) is 0 Å². The molecule has 0 aliphatic rings. The van der Waals surface area contributed by atoms with E-state index in [0.29, 0.717) is 21.5 Å². The molecule has 0 saturated carbocycles. The summed E-state index contributed by atoms with van der Waals surface area (Å²) in [7, 11) is 0. The summed E-state index contributed by atoms with van der Waals surface area (Å²) in [6.07, 6.45) is 0. The fourth-order valence-corrected chi connectivity index (χ4v) is 2.29. The highest BCUT2D eigenvalue weighted by Gasteiger charge is 2.13. The number of carbonyl (C=O) groups is 1. The van der Waals surface area contributed by atoms with Crippen LogP contribution >= 0.6 is 11.3 Å². The molecule has 0 unspecified atom stereocenters. The topological polar surface area (TPSA) is 54.9 Å². The van der Waals surface area contributed by atoms with Crippen LogP contribution in [-0.4, -0.2) is 16.1 Å². The van der Waals surface area contributed by atoms with Gasteiger partial charge in [0, 0.05) is 10.9 Å². The Bertz CT molecular complexity index is 743. The highest BCUT2D eigenvalue weighted by Crippen LogP contribution is 2.22. The molecule has 0 bridgehead atoms. The van der Waals surface area contributed by atoms with Crippen molar-refractivity contribution in [3.63, 3.8) is 0 Å². The van der Waals surface area contributed by atoms with Gasteiger partial charge in [0.1, 0.15) is 11.3 Å². The Kier molecular flexibility index (Phi) is 2.92. The van der Waals surface area contributed by atoms with Gasteiger partial charge in [-0.3, -0.25) is 10.1 Å². The number of hydrogen-bond donors (Lipinski definition) is 1. The van der Waals surface area contributed by atoms with Crippen molar-refractivity contribution in [1.82, 2.24) is 10.2 Å². The van der Waals surface area contributed by atoms with E-state index in [1.165, 1.54) is 29.0 Å². The molecule has 3 rings (SSSR count). The van der Waals surface area contributed by atoms with Crippen LogP contribution in [0.5, 0.6) is 0 Å². The van der Waals surface area contributed by atoms with Crippen molar-refractivity contribution in [2.75, 3.05) is 5.32 Å². The first-order chi connectivity index (χ1) is 9.25. The number of nitrogens with one attached hydrogen (secondary N) is 1. The number of amides is 1. The van der Waals surface area contributed by atoms with E-state index in [-0.39, 0.29) is 11.7 Å². The number of anilines is 1. The third-order valence-electron chi connectivity index (χ3n) is 2.70. The zero-order valence-corrected chi connectivity index (χ0v) is 10.4. The lowest BCUT2D eigenvalue weighted by molar-refractivity contribution is 0.102. The summed E-state index contributed by atoms with van der Waals surface area (Å²) in [6, 6.07) is 9.62. The first-order valence-electron chi connectivity index (χ1n) is 5.50. The van der Waals surface area contributed by atoms with Gasteiger partial charge in [-0.25, -0.2) is 4.39 Å². The Balaban J connectivity index is 2.05. The van der Waals surface area contributed by atoms with Gasteiger partial charge >= 0.3 is 0 Å². The second kappa shape index (κ2) is 4.74. The van der Waals surface area contributed by atoms with Crippen molar-refractivity contribution < 1.29 is 9.18 Å². The molecule has 0 saturated heterocycles. The molecule has 0 fully saturated rings. The molecule has 2 aromatic carbocycles. The lowest BCUT2D eigenvalue weighted by Crippen LogP contribution is -2.12. The van der Waals surface area contributed by atoms with Crippen LogP contribution in [0.4, 0.5) is 9.52 Å². The predicted molar refractivity (Wildman–Crippen MR) is 71.8 cm³/mol. The van der Waals surface area contributed by atoms with Crippen molar-refractivity contribution in [3.05, 3.63) is 53.3 Å². The van der Waals surface area contributed by atoms with Crippen LogP contribution in [0.1, 0.15) is 10.4 Å². The number of aromatic nitrogens is 2. The van der Waals surface area contributed by atoms with Crippen LogP contribution in [0.15, 0.2) is 41.9 Å². The molecule has 0 atom stereocenters. The summed E-state index contributed by atoms with van der Waals surface area (Å²) in [6.45, 7) is 0. The standard InChI is InChI=1S/C13H8FN3OS/c14-11-6-5-10(8-3-1-2-4-9(8)11)12(18)16-13-17-15-7-19-13/h1-7H,(H,16,17,18). The molecule has 1 N–H and O–H groups in total. The molecular formula is C13H8FN3OS. The summed E-state index contributed by atoms with van der Waals surface area (Å²) in [5.74, 6) is -0.670. The van der Waals surface area contributed by atoms with Crippen molar-refractivity contribution in [2.24, 2.45) is 0 Å². The van der Waals surface area contributed by atoms with Gasteiger partial charge in [0.2, 0.25) is 5.13 Å². The Morgan fingerprint density at radius 2 is 1.95 bits per heavy atom. The molecule has 4 nitrogen and oxygen atoms in total. The van der Waals surface area contributed by atoms with Crippen molar-refractivity contribution in [2.45, 2.75) is 0 Å². The number of nitrogens with zero attached hydrogens (tertiary/aromatic N) is 2. The molecule has 3 aromatic rings. The van der Waals surface area contributed by atoms with E-state index in [1.807, 2.05) is 0 Å². The van der Waals surface area contributed by atoms with Crippen LogP contribution in [-0.2, 0) is 0 Å². The number of benzene rings is 2. The Labute approximate surface area is 111 Å². The molecular weight excluding hydrogens is 265 g/mol. The van der Waals surface area contributed by atoms with Gasteiger partial charge in [-0.1, -0.05) is 35.6 Å². The Morgan fingerprint density at radius 3 is 2.68 bits per heavy atom. The molecule has 0 aliphatic heterocycles. The second-order valence-electron chi connectivity index (χ2n) is 3.84. The van der Waals surface area contributed by atoms with Crippen LogP contribution in [0.3, 0.4) is 0 Å². The third kappa shape index (κ3) is 2.17. The van der Waals surface area contributed by atoms with E-state index in [9.17, 15) is 9.18 Å². The number of carbonyl (C=O) groups excluding carboxylic acids is 1. The summed E-state index contributed by atoms with van der Waals surface area (Å²) in [5.41, 5.74) is 1.94. The SMILES string of the molecule is O=C(Nc1nncs1)c1ccc(F)c2ccccc12. The van der Waals surface area contributed by atoms with Gasteiger partial charge in [-0.2, -0.15) is 0 Å². The van der Waals surface area contributed by atoms with Crippen molar-refractivity contribution >= 4 is 33.1 Å². The monoisotopic (exact) mass is 273 g/mol. The fourth-order valence-electron chi connectivity index (χ4n) is 1.85. The largest absolute Gasteiger partial charge is 0.296 e. The molecule has 94 valence electrons. The maximum absolute atomic E-state index is 13.7. The van der Waals surface area contributed by atoms with Gasteiger partial charge in [-0.05, 0) is 17.5 Å². The van der Waals surface area contributed by atoms with Crippen LogP contribution in [0, 0.1) is 5.82 Å². The maximum atomic E-state index is 13.7. The Morgan fingerprint density at radius 1 is 1.16 bits per heavy atom. The van der Waals surface area contributed by atoms with Crippen LogP contribution < -0.4 is 5.32 Å². The molecule has 19 heavy (non-hydrogen) atoms. The second-order valence-corrected chi connectivity index (χ2v) is 4.67. The maximum Gasteiger partial charge on any atom is 0.258 e. The highest BCUT2D eigenvalue weighted by atomic mass is 32.1. The van der Waals surface area contributed by atoms with Crippen molar-refractivity contribution in [1.29, 1.82) is 0 Å². The first kappa shape index (κ1) is 11.7. The molecule has 6 heteroatoms. The summed E-state index contributed by atoms with van der Waals surface area (Å²) < 4.78 is 13.7. The number of fused-ring (bicyclic) bond motifs is 1. The van der Waals surface area contributed by atoms with Crippen LogP contribution in [0.25, 0.3) is 10.8 Å². The minimum Gasteiger partial charge on any atom is -0.296 e. The summed E-state index contributed by atoms with van der Waals surface area (Å²) in [5, 5.41) is 11.4. The first-order valence-corrected chi connectivity index (χ1v) is 6.38. The van der Waals surface area contributed by atoms with E-state index in [4.69, 9.17) is 0 Å². The predicted octanol–water partition coefficient (Wildman–Crippen LogP) is 3.08. The van der Waals surface area contributed by atoms with E-state index in [2.05, 4.69) is 15.5 Å². The highest BCUT2D eigenvalue weighted by molar-refractivity contribution is 7.13. The zero-order chi connectivity index (χ0) is 13.2. The van der Waals surface area contributed by atoms with Gasteiger partial charge in [0.25, 0.3) is 5.91 Å². The quantitative estimate of drug-likeness (QED) is 0.780. The van der Waals surface area contributed by atoms with Crippen molar-refractivity contribution in [3.8, 4) is 0 Å². The molecule has 1 aromatic heterocycles. The van der Waals surface area contributed by atoms with E-state index in [0.717, 1.165) is 0 Å². The fraction of sp³-hybridized carbons (Fsp3) is 0.